The second-order valence-corrected chi connectivity index (χ2v) is 6.99. The molecule has 110 valence electrons. The van der Waals surface area contributed by atoms with Crippen molar-refractivity contribution in [2.24, 2.45) is 5.92 Å². The van der Waals surface area contributed by atoms with Crippen molar-refractivity contribution in [1.29, 1.82) is 0 Å². The molecule has 0 aliphatic carbocycles. The first kappa shape index (κ1) is 16.4. The molecule has 3 nitrogen and oxygen atoms in total. The minimum Gasteiger partial charge on any atom is -0.351 e. The van der Waals surface area contributed by atoms with Crippen molar-refractivity contribution in [2.75, 3.05) is 18.5 Å². The second kappa shape index (κ2) is 7.85. The van der Waals surface area contributed by atoms with Gasteiger partial charge < -0.3 is 10.2 Å². The van der Waals surface area contributed by atoms with E-state index in [0.717, 1.165) is 31.1 Å². The van der Waals surface area contributed by atoms with Crippen LogP contribution in [0.15, 0.2) is 0 Å². The standard InChI is InChI=1S/C15H29N3S/c1-7-8-13-14(9-16-12(4)5)19-15(17-13)18(6)10-11(2)3/h11-12,16H,7-10H2,1-6H3. The van der Waals surface area contributed by atoms with Crippen LogP contribution in [0.3, 0.4) is 0 Å². The maximum Gasteiger partial charge on any atom is 0.185 e. The first-order valence-corrected chi connectivity index (χ1v) is 8.18. The van der Waals surface area contributed by atoms with E-state index in [0.29, 0.717) is 12.0 Å². The van der Waals surface area contributed by atoms with E-state index in [1.54, 1.807) is 0 Å². The number of hydrogen-bond donors (Lipinski definition) is 1. The maximum absolute atomic E-state index is 4.84. The molecule has 0 amide bonds. The van der Waals surface area contributed by atoms with Gasteiger partial charge in [-0.05, 0) is 12.3 Å². The van der Waals surface area contributed by atoms with Gasteiger partial charge in [0.25, 0.3) is 0 Å². The van der Waals surface area contributed by atoms with Crippen molar-refractivity contribution in [3.63, 3.8) is 0 Å². The molecule has 0 saturated heterocycles. The van der Waals surface area contributed by atoms with Gasteiger partial charge in [-0.25, -0.2) is 4.98 Å². The molecule has 0 aliphatic heterocycles. The van der Waals surface area contributed by atoms with E-state index in [4.69, 9.17) is 4.98 Å². The number of anilines is 1. The molecule has 0 spiro atoms. The molecule has 1 heterocycles. The summed E-state index contributed by atoms with van der Waals surface area (Å²) in [4.78, 5) is 8.52. The highest BCUT2D eigenvalue weighted by Gasteiger charge is 2.14. The predicted molar refractivity (Wildman–Crippen MR) is 86.2 cm³/mol. The van der Waals surface area contributed by atoms with Crippen molar-refractivity contribution in [2.45, 2.75) is 60.0 Å². The molecule has 0 unspecified atom stereocenters. The quantitative estimate of drug-likeness (QED) is 0.789. The summed E-state index contributed by atoms with van der Waals surface area (Å²) in [5.41, 5.74) is 1.28. The predicted octanol–water partition coefficient (Wildman–Crippen LogP) is 3.69. The van der Waals surface area contributed by atoms with Crippen LogP contribution in [0.25, 0.3) is 0 Å². The van der Waals surface area contributed by atoms with Crippen molar-refractivity contribution in [3.05, 3.63) is 10.6 Å². The summed E-state index contributed by atoms with van der Waals surface area (Å²) in [5.74, 6) is 0.667. The van der Waals surface area contributed by atoms with Gasteiger partial charge in [-0.2, -0.15) is 0 Å². The highest BCUT2D eigenvalue weighted by atomic mass is 32.1. The Labute approximate surface area is 122 Å². The Balaban J connectivity index is 2.80. The van der Waals surface area contributed by atoms with E-state index >= 15 is 0 Å². The van der Waals surface area contributed by atoms with Gasteiger partial charge in [0, 0.05) is 31.1 Å². The normalized spacial score (nSPS) is 11.6. The van der Waals surface area contributed by atoms with Gasteiger partial charge in [0.15, 0.2) is 5.13 Å². The van der Waals surface area contributed by atoms with Crippen LogP contribution < -0.4 is 10.2 Å². The smallest absolute Gasteiger partial charge is 0.185 e. The lowest BCUT2D eigenvalue weighted by Crippen LogP contribution is -2.22. The van der Waals surface area contributed by atoms with E-state index in [1.165, 1.54) is 10.6 Å². The molecule has 19 heavy (non-hydrogen) atoms. The number of hydrogen-bond acceptors (Lipinski definition) is 4. The molecule has 0 fully saturated rings. The van der Waals surface area contributed by atoms with Crippen molar-refractivity contribution in [1.82, 2.24) is 10.3 Å². The molecule has 0 aliphatic rings. The summed E-state index contributed by atoms with van der Waals surface area (Å²) in [6.07, 6.45) is 2.24. The van der Waals surface area contributed by atoms with Crippen LogP contribution in [0.5, 0.6) is 0 Å². The Morgan fingerprint density at radius 1 is 1.26 bits per heavy atom. The third kappa shape index (κ3) is 5.49. The van der Waals surface area contributed by atoms with E-state index < -0.39 is 0 Å². The molecule has 1 aromatic rings. The molecule has 1 aromatic heterocycles. The highest BCUT2D eigenvalue weighted by molar-refractivity contribution is 7.15. The SMILES string of the molecule is CCCc1nc(N(C)CC(C)C)sc1CNC(C)C. The molecule has 0 radical (unpaired) electrons. The topological polar surface area (TPSA) is 28.2 Å². The molecule has 1 N–H and O–H groups in total. The number of aryl methyl sites for hydroxylation is 1. The van der Waals surface area contributed by atoms with Crippen molar-refractivity contribution < 1.29 is 0 Å². The van der Waals surface area contributed by atoms with E-state index in [2.05, 4.69) is 51.9 Å². The third-order valence-electron chi connectivity index (χ3n) is 2.89. The Morgan fingerprint density at radius 3 is 2.47 bits per heavy atom. The zero-order valence-electron chi connectivity index (χ0n) is 13.3. The van der Waals surface area contributed by atoms with E-state index in [9.17, 15) is 0 Å². The van der Waals surface area contributed by atoms with Gasteiger partial charge in [-0.15, -0.1) is 11.3 Å². The zero-order valence-corrected chi connectivity index (χ0v) is 14.1. The fraction of sp³-hybridized carbons (Fsp3) is 0.800. The molecule has 0 aromatic carbocycles. The fourth-order valence-corrected chi connectivity index (χ4v) is 3.05. The van der Waals surface area contributed by atoms with Gasteiger partial charge in [0.1, 0.15) is 0 Å². The largest absolute Gasteiger partial charge is 0.351 e. The van der Waals surface area contributed by atoms with Crippen LogP contribution >= 0.6 is 11.3 Å². The molecule has 0 saturated carbocycles. The molecule has 0 bridgehead atoms. The van der Waals surface area contributed by atoms with Crippen LogP contribution in [-0.2, 0) is 13.0 Å². The summed E-state index contributed by atoms with van der Waals surface area (Å²) >= 11 is 1.84. The number of aromatic nitrogens is 1. The van der Waals surface area contributed by atoms with Gasteiger partial charge in [-0.1, -0.05) is 41.0 Å². The third-order valence-corrected chi connectivity index (χ3v) is 4.10. The Kier molecular flexibility index (Phi) is 6.80. The number of nitrogens with zero attached hydrogens (tertiary/aromatic N) is 2. The lowest BCUT2D eigenvalue weighted by atomic mass is 10.2. The molecule has 1 rings (SSSR count). The minimum atomic E-state index is 0.522. The average Bonchev–Trinajstić information content (AvgIpc) is 2.69. The monoisotopic (exact) mass is 283 g/mol. The molecule has 0 atom stereocenters. The summed E-state index contributed by atoms with van der Waals surface area (Å²) in [6.45, 7) is 13.1. The summed E-state index contributed by atoms with van der Waals surface area (Å²) < 4.78 is 0. The maximum atomic E-state index is 4.84. The summed E-state index contributed by atoms with van der Waals surface area (Å²) in [5, 5.41) is 4.67. The molecular weight excluding hydrogens is 254 g/mol. The number of rotatable bonds is 8. The van der Waals surface area contributed by atoms with Crippen LogP contribution in [0.1, 0.15) is 51.6 Å². The number of nitrogens with one attached hydrogen (secondary N) is 1. The Bertz CT molecular complexity index is 371. The Morgan fingerprint density at radius 2 is 1.95 bits per heavy atom. The second-order valence-electron chi connectivity index (χ2n) is 5.93. The molecule has 4 heteroatoms. The number of thiazole rings is 1. The zero-order chi connectivity index (χ0) is 14.4. The summed E-state index contributed by atoms with van der Waals surface area (Å²) in [7, 11) is 2.15. The lowest BCUT2D eigenvalue weighted by Gasteiger charge is -2.17. The van der Waals surface area contributed by atoms with Crippen LogP contribution in [0.2, 0.25) is 0 Å². The molecular formula is C15H29N3S. The van der Waals surface area contributed by atoms with Crippen molar-refractivity contribution in [3.8, 4) is 0 Å². The van der Waals surface area contributed by atoms with Gasteiger partial charge in [0.05, 0.1) is 5.69 Å². The van der Waals surface area contributed by atoms with Gasteiger partial charge >= 0.3 is 0 Å². The Hall–Kier alpha value is -0.610. The van der Waals surface area contributed by atoms with Crippen LogP contribution in [-0.4, -0.2) is 24.6 Å². The minimum absolute atomic E-state index is 0.522. The van der Waals surface area contributed by atoms with Crippen molar-refractivity contribution >= 4 is 16.5 Å². The summed E-state index contributed by atoms with van der Waals surface area (Å²) in [6, 6.07) is 0.522. The fourth-order valence-electron chi connectivity index (χ4n) is 2.03. The van der Waals surface area contributed by atoms with E-state index in [-0.39, 0.29) is 0 Å². The van der Waals surface area contributed by atoms with Gasteiger partial charge in [-0.3, -0.25) is 0 Å². The first-order valence-electron chi connectivity index (χ1n) is 7.37. The van der Waals surface area contributed by atoms with E-state index in [1.807, 2.05) is 11.3 Å². The lowest BCUT2D eigenvalue weighted by molar-refractivity contribution is 0.589. The average molecular weight is 283 g/mol. The first-order chi connectivity index (χ1) is 8.93. The highest BCUT2D eigenvalue weighted by Crippen LogP contribution is 2.27. The van der Waals surface area contributed by atoms with Gasteiger partial charge in [0.2, 0.25) is 0 Å². The van der Waals surface area contributed by atoms with Crippen LogP contribution in [0, 0.1) is 5.92 Å². The van der Waals surface area contributed by atoms with Crippen LogP contribution in [0.4, 0.5) is 5.13 Å².